The van der Waals surface area contributed by atoms with Crippen LogP contribution in [0.2, 0.25) is 0 Å². The van der Waals surface area contributed by atoms with E-state index in [1.54, 1.807) is 23.7 Å². The van der Waals surface area contributed by atoms with Crippen molar-refractivity contribution in [3.8, 4) is 0 Å². The fourth-order valence-electron chi connectivity index (χ4n) is 3.47. The molecular weight excluding hydrogens is 477 g/mol. The summed E-state index contributed by atoms with van der Waals surface area (Å²) in [6, 6.07) is 13.6. The number of hydrogen-bond acceptors (Lipinski definition) is 3. The normalized spacial score (nSPS) is 14.9. The number of benzene rings is 1. The molecule has 29 heavy (non-hydrogen) atoms. The van der Waals surface area contributed by atoms with E-state index in [0.717, 1.165) is 31.2 Å². The van der Waals surface area contributed by atoms with E-state index in [1.165, 1.54) is 37.9 Å². The molecule has 0 spiro atoms. The summed E-state index contributed by atoms with van der Waals surface area (Å²) in [4.78, 5) is 18.6. The van der Waals surface area contributed by atoms with Gasteiger partial charge in [-0.1, -0.05) is 36.8 Å². The van der Waals surface area contributed by atoms with Gasteiger partial charge >= 0.3 is 0 Å². The second-order valence-electron chi connectivity index (χ2n) is 7.24. The third-order valence-electron chi connectivity index (χ3n) is 5.13. The van der Waals surface area contributed by atoms with Crippen LogP contribution in [0.5, 0.6) is 0 Å². The molecule has 158 valence electrons. The molecule has 1 aromatic carbocycles. The molecule has 3 rings (SSSR count). The molecule has 0 radical (unpaired) electrons. The van der Waals surface area contributed by atoms with Crippen molar-refractivity contribution < 1.29 is 0 Å². The first-order valence-electron chi connectivity index (χ1n) is 10.1. The van der Waals surface area contributed by atoms with E-state index < -0.39 is 0 Å². The van der Waals surface area contributed by atoms with Crippen LogP contribution in [0.3, 0.4) is 0 Å². The number of nitrogens with one attached hydrogen (secondary N) is 2. The quantitative estimate of drug-likeness (QED) is 0.343. The van der Waals surface area contributed by atoms with Crippen molar-refractivity contribution in [1.82, 2.24) is 20.1 Å². The predicted octanol–water partition coefficient (Wildman–Crippen LogP) is 2.67. The van der Waals surface area contributed by atoms with Gasteiger partial charge in [-0.3, -0.25) is 9.79 Å². The van der Waals surface area contributed by atoms with Crippen molar-refractivity contribution in [2.75, 3.05) is 33.2 Å². The summed E-state index contributed by atoms with van der Waals surface area (Å²) in [5, 5.41) is 6.76. The van der Waals surface area contributed by atoms with Gasteiger partial charge in [0.2, 0.25) is 0 Å². The largest absolute Gasteiger partial charge is 0.355 e. The SMILES string of the molecule is CN=C(NCCN1CCCCC1)NCc1ccc(Cn2ccccc2=O)cc1.I. The number of pyridine rings is 1. The molecule has 2 heterocycles. The number of nitrogens with zero attached hydrogens (tertiary/aromatic N) is 3. The van der Waals surface area contributed by atoms with Gasteiger partial charge in [0.05, 0.1) is 6.54 Å². The number of likely N-dealkylation sites (tertiary alicyclic amines) is 1. The average Bonchev–Trinajstić information content (AvgIpc) is 2.74. The molecule has 0 unspecified atom stereocenters. The molecule has 1 saturated heterocycles. The maximum atomic E-state index is 11.8. The molecule has 2 aromatic rings. The van der Waals surface area contributed by atoms with E-state index >= 15 is 0 Å². The molecular formula is C22H32IN5O. The van der Waals surface area contributed by atoms with Gasteiger partial charge < -0.3 is 20.1 Å². The first-order valence-corrected chi connectivity index (χ1v) is 10.1. The minimum Gasteiger partial charge on any atom is -0.355 e. The van der Waals surface area contributed by atoms with Crippen molar-refractivity contribution in [3.63, 3.8) is 0 Å². The molecule has 1 fully saturated rings. The predicted molar refractivity (Wildman–Crippen MR) is 130 cm³/mol. The molecule has 0 bridgehead atoms. The smallest absolute Gasteiger partial charge is 0.250 e. The van der Waals surface area contributed by atoms with Crippen LogP contribution >= 0.6 is 24.0 Å². The van der Waals surface area contributed by atoms with Gasteiger partial charge in [-0.2, -0.15) is 0 Å². The van der Waals surface area contributed by atoms with Gasteiger partial charge in [0.25, 0.3) is 5.56 Å². The van der Waals surface area contributed by atoms with E-state index in [1.807, 2.05) is 12.3 Å². The molecule has 0 atom stereocenters. The van der Waals surface area contributed by atoms with Crippen molar-refractivity contribution in [3.05, 3.63) is 70.1 Å². The van der Waals surface area contributed by atoms with Crippen LogP contribution in [-0.4, -0.2) is 48.7 Å². The Labute approximate surface area is 190 Å². The summed E-state index contributed by atoms with van der Waals surface area (Å²) in [5.74, 6) is 0.830. The van der Waals surface area contributed by atoms with Crippen LogP contribution in [0.25, 0.3) is 0 Å². The first kappa shape index (κ1) is 23.4. The van der Waals surface area contributed by atoms with E-state index in [9.17, 15) is 4.79 Å². The van der Waals surface area contributed by atoms with E-state index in [4.69, 9.17) is 0 Å². The Kier molecular flexibility index (Phi) is 10.2. The van der Waals surface area contributed by atoms with Crippen LogP contribution < -0.4 is 16.2 Å². The lowest BCUT2D eigenvalue weighted by atomic mass is 10.1. The minimum absolute atomic E-state index is 0. The zero-order valence-corrected chi connectivity index (χ0v) is 19.5. The van der Waals surface area contributed by atoms with E-state index in [0.29, 0.717) is 6.54 Å². The molecule has 1 aromatic heterocycles. The Balaban J connectivity index is 0.00000300. The summed E-state index contributed by atoms with van der Waals surface area (Å²) in [6.45, 7) is 5.71. The fourth-order valence-corrected chi connectivity index (χ4v) is 3.47. The van der Waals surface area contributed by atoms with E-state index in [2.05, 4.69) is 44.8 Å². The highest BCUT2D eigenvalue weighted by molar-refractivity contribution is 14.0. The number of hydrogen-bond donors (Lipinski definition) is 2. The lowest BCUT2D eigenvalue weighted by Crippen LogP contribution is -2.42. The third kappa shape index (κ3) is 7.81. The van der Waals surface area contributed by atoms with Crippen LogP contribution in [0.15, 0.2) is 58.4 Å². The Hall–Kier alpha value is -1.87. The molecule has 7 heteroatoms. The molecule has 1 aliphatic heterocycles. The lowest BCUT2D eigenvalue weighted by Gasteiger charge is -2.26. The van der Waals surface area contributed by atoms with Crippen LogP contribution in [0.4, 0.5) is 0 Å². The topological polar surface area (TPSA) is 61.7 Å². The van der Waals surface area contributed by atoms with Crippen LogP contribution in [0.1, 0.15) is 30.4 Å². The highest BCUT2D eigenvalue weighted by atomic mass is 127. The molecule has 0 aliphatic carbocycles. The summed E-state index contributed by atoms with van der Waals surface area (Å²) >= 11 is 0. The maximum Gasteiger partial charge on any atom is 0.250 e. The zero-order chi connectivity index (χ0) is 19.6. The van der Waals surface area contributed by atoms with Crippen LogP contribution in [-0.2, 0) is 13.1 Å². The van der Waals surface area contributed by atoms with Gasteiger partial charge in [-0.25, -0.2) is 0 Å². The Morgan fingerprint density at radius 2 is 1.72 bits per heavy atom. The Bertz CT molecular complexity index is 812. The fraction of sp³-hybridized carbons (Fsp3) is 0.455. The summed E-state index contributed by atoms with van der Waals surface area (Å²) in [6.07, 6.45) is 5.83. The molecule has 1 aliphatic rings. The van der Waals surface area contributed by atoms with Crippen molar-refractivity contribution in [2.45, 2.75) is 32.4 Å². The number of rotatable bonds is 7. The van der Waals surface area contributed by atoms with Gasteiger partial charge in [-0.05, 0) is 43.1 Å². The third-order valence-corrected chi connectivity index (χ3v) is 5.13. The van der Waals surface area contributed by atoms with Crippen LogP contribution in [0, 0.1) is 0 Å². The summed E-state index contributed by atoms with van der Waals surface area (Å²) < 4.78 is 1.71. The van der Waals surface area contributed by atoms with Crippen molar-refractivity contribution in [2.24, 2.45) is 4.99 Å². The number of piperidine rings is 1. The summed E-state index contributed by atoms with van der Waals surface area (Å²) in [5.41, 5.74) is 2.32. The number of halogens is 1. The lowest BCUT2D eigenvalue weighted by molar-refractivity contribution is 0.232. The molecule has 2 N–H and O–H groups in total. The summed E-state index contributed by atoms with van der Waals surface area (Å²) in [7, 11) is 1.80. The van der Waals surface area contributed by atoms with Crippen molar-refractivity contribution >= 4 is 29.9 Å². The van der Waals surface area contributed by atoms with E-state index in [-0.39, 0.29) is 29.5 Å². The van der Waals surface area contributed by atoms with Gasteiger partial charge in [-0.15, -0.1) is 24.0 Å². The highest BCUT2D eigenvalue weighted by Crippen LogP contribution is 2.07. The Morgan fingerprint density at radius 3 is 2.41 bits per heavy atom. The van der Waals surface area contributed by atoms with Gasteiger partial charge in [0.1, 0.15) is 0 Å². The molecule has 6 nitrogen and oxygen atoms in total. The second kappa shape index (κ2) is 12.6. The van der Waals surface area contributed by atoms with Gasteiger partial charge in [0.15, 0.2) is 5.96 Å². The highest BCUT2D eigenvalue weighted by Gasteiger charge is 2.09. The molecule has 0 saturated carbocycles. The zero-order valence-electron chi connectivity index (χ0n) is 17.1. The number of aromatic nitrogens is 1. The number of guanidine groups is 1. The maximum absolute atomic E-state index is 11.8. The van der Waals surface area contributed by atoms with Crippen molar-refractivity contribution in [1.29, 1.82) is 0 Å². The Morgan fingerprint density at radius 1 is 1.00 bits per heavy atom. The number of aliphatic imine (C=N–C) groups is 1. The average molecular weight is 509 g/mol. The standard InChI is InChI=1S/C22H31N5O.HI/c1-23-22(24-12-16-26-13-4-2-5-14-26)25-17-19-8-10-20(11-9-19)18-27-15-6-3-7-21(27)28;/h3,6-11,15H,2,4-5,12-14,16-18H2,1H3,(H2,23,24,25);1H. The minimum atomic E-state index is 0. The second-order valence-corrected chi connectivity index (χ2v) is 7.24. The van der Waals surface area contributed by atoms with Gasteiger partial charge in [0, 0.05) is 38.9 Å². The first-order chi connectivity index (χ1) is 13.7. The molecule has 0 amide bonds. The monoisotopic (exact) mass is 509 g/mol.